The Bertz CT molecular complexity index is 301. The van der Waals surface area contributed by atoms with Crippen LogP contribution in [-0.2, 0) is 7.05 Å². The second-order valence-electron chi connectivity index (χ2n) is 2.99. The summed E-state index contributed by atoms with van der Waals surface area (Å²) in [6, 6.07) is 1.75. The number of carbonyl (C=O) groups excluding carboxylic acids is 1. The van der Waals surface area contributed by atoms with E-state index in [9.17, 15) is 4.79 Å². The first-order valence-corrected chi connectivity index (χ1v) is 4.06. The van der Waals surface area contributed by atoms with Gasteiger partial charge in [-0.25, -0.2) is 0 Å². The summed E-state index contributed by atoms with van der Waals surface area (Å²) in [5, 5.41) is 3.95. The third-order valence-corrected chi connectivity index (χ3v) is 2.18. The van der Waals surface area contributed by atoms with Gasteiger partial charge in [0.1, 0.15) is 5.69 Å². The van der Waals surface area contributed by atoms with Gasteiger partial charge in [0.15, 0.2) is 0 Å². The molecular formula is C8H11N3O. The molecule has 0 radical (unpaired) electrons. The Kier molecular flexibility index (Phi) is 1.60. The lowest BCUT2D eigenvalue weighted by atomic mass is 10.2. The van der Waals surface area contributed by atoms with Gasteiger partial charge in [-0.15, -0.1) is 0 Å². The van der Waals surface area contributed by atoms with E-state index in [1.165, 1.54) is 0 Å². The minimum Gasteiger partial charge on any atom is -0.337 e. The first-order chi connectivity index (χ1) is 5.79. The van der Waals surface area contributed by atoms with Gasteiger partial charge in [0.2, 0.25) is 0 Å². The van der Waals surface area contributed by atoms with Crippen LogP contribution in [0.25, 0.3) is 0 Å². The maximum atomic E-state index is 11.6. The van der Waals surface area contributed by atoms with E-state index in [4.69, 9.17) is 0 Å². The largest absolute Gasteiger partial charge is 0.337 e. The van der Waals surface area contributed by atoms with Crippen molar-refractivity contribution in [3.8, 4) is 0 Å². The molecule has 0 aromatic carbocycles. The topological polar surface area (TPSA) is 38.1 Å². The molecule has 1 aromatic rings. The molecule has 0 aliphatic carbocycles. The van der Waals surface area contributed by atoms with E-state index in [0.717, 1.165) is 19.5 Å². The number of amides is 1. The van der Waals surface area contributed by atoms with Crippen molar-refractivity contribution in [2.75, 3.05) is 13.1 Å². The van der Waals surface area contributed by atoms with Crippen LogP contribution in [0.4, 0.5) is 0 Å². The number of nitrogens with zero attached hydrogens (tertiary/aromatic N) is 3. The lowest BCUT2D eigenvalue weighted by molar-refractivity contribution is 0.0640. The van der Waals surface area contributed by atoms with Gasteiger partial charge in [-0.05, 0) is 12.5 Å². The number of aromatic nitrogens is 2. The highest BCUT2D eigenvalue weighted by molar-refractivity contribution is 5.92. The molecule has 0 unspecified atom stereocenters. The van der Waals surface area contributed by atoms with Crippen LogP contribution in [-0.4, -0.2) is 33.7 Å². The van der Waals surface area contributed by atoms with E-state index >= 15 is 0 Å². The van der Waals surface area contributed by atoms with Gasteiger partial charge in [0.05, 0.1) is 0 Å². The summed E-state index contributed by atoms with van der Waals surface area (Å²) >= 11 is 0. The fourth-order valence-electron chi connectivity index (χ4n) is 1.27. The molecular weight excluding hydrogens is 154 g/mol. The van der Waals surface area contributed by atoms with Crippen LogP contribution in [0.3, 0.4) is 0 Å². The molecule has 4 nitrogen and oxygen atoms in total. The summed E-state index contributed by atoms with van der Waals surface area (Å²) in [6.07, 6.45) is 2.77. The van der Waals surface area contributed by atoms with Crippen molar-refractivity contribution in [2.24, 2.45) is 7.05 Å². The number of hydrogen-bond donors (Lipinski definition) is 0. The first kappa shape index (κ1) is 7.34. The van der Waals surface area contributed by atoms with Crippen molar-refractivity contribution in [3.63, 3.8) is 0 Å². The number of aryl methyl sites for hydroxylation is 1. The molecule has 0 bridgehead atoms. The van der Waals surface area contributed by atoms with Crippen LogP contribution >= 0.6 is 0 Å². The molecule has 64 valence electrons. The molecule has 1 amide bonds. The SMILES string of the molecule is Cn1nccc1C(=O)N1CCC1. The summed E-state index contributed by atoms with van der Waals surface area (Å²) in [5.74, 6) is 0.0984. The molecule has 0 spiro atoms. The van der Waals surface area contributed by atoms with Crippen molar-refractivity contribution in [1.82, 2.24) is 14.7 Å². The van der Waals surface area contributed by atoms with Crippen LogP contribution in [0.1, 0.15) is 16.9 Å². The first-order valence-electron chi connectivity index (χ1n) is 4.06. The van der Waals surface area contributed by atoms with E-state index in [-0.39, 0.29) is 5.91 Å². The normalized spacial score (nSPS) is 15.9. The van der Waals surface area contributed by atoms with Gasteiger partial charge in [-0.3, -0.25) is 9.48 Å². The average molecular weight is 165 g/mol. The number of carbonyl (C=O) groups is 1. The molecule has 1 aliphatic rings. The Morgan fingerprint density at radius 2 is 2.33 bits per heavy atom. The van der Waals surface area contributed by atoms with E-state index in [1.807, 2.05) is 4.90 Å². The molecule has 0 saturated carbocycles. The van der Waals surface area contributed by atoms with E-state index in [1.54, 1.807) is 24.0 Å². The van der Waals surface area contributed by atoms with Gasteiger partial charge < -0.3 is 4.90 Å². The zero-order chi connectivity index (χ0) is 8.55. The predicted octanol–water partition coefficient (Wildman–Crippen LogP) is 0.266. The zero-order valence-corrected chi connectivity index (χ0v) is 7.03. The maximum absolute atomic E-state index is 11.6. The van der Waals surface area contributed by atoms with Crippen LogP contribution < -0.4 is 0 Å². The summed E-state index contributed by atoms with van der Waals surface area (Å²) in [4.78, 5) is 13.4. The van der Waals surface area contributed by atoms with Crippen molar-refractivity contribution in [1.29, 1.82) is 0 Å². The van der Waals surface area contributed by atoms with Gasteiger partial charge in [-0.2, -0.15) is 5.10 Å². The lowest BCUT2D eigenvalue weighted by Gasteiger charge is -2.30. The summed E-state index contributed by atoms with van der Waals surface area (Å²) < 4.78 is 1.61. The number of rotatable bonds is 1. The Labute approximate surface area is 70.8 Å². The maximum Gasteiger partial charge on any atom is 0.272 e. The van der Waals surface area contributed by atoms with Crippen molar-refractivity contribution in [2.45, 2.75) is 6.42 Å². The van der Waals surface area contributed by atoms with Crippen molar-refractivity contribution < 1.29 is 4.79 Å². The second-order valence-corrected chi connectivity index (χ2v) is 2.99. The van der Waals surface area contributed by atoms with Gasteiger partial charge in [0.25, 0.3) is 5.91 Å². The molecule has 0 atom stereocenters. The molecule has 1 aromatic heterocycles. The minimum atomic E-state index is 0.0984. The monoisotopic (exact) mass is 165 g/mol. The van der Waals surface area contributed by atoms with Crippen molar-refractivity contribution >= 4 is 5.91 Å². The molecule has 12 heavy (non-hydrogen) atoms. The van der Waals surface area contributed by atoms with Crippen molar-refractivity contribution in [3.05, 3.63) is 18.0 Å². The molecule has 1 fully saturated rings. The number of likely N-dealkylation sites (tertiary alicyclic amines) is 1. The molecule has 1 aliphatic heterocycles. The fourth-order valence-corrected chi connectivity index (χ4v) is 1.27. The summed E-state index contributed by atoms with van der Waals surface area (Å²) in [5.41, 5.74) is 0.676. The highest BCUT2D eigenvalue weighted by atomic mass is 16.2. The smallest absolute Gasteiger partial charge is 0.272 e. The average Bonchev–Trinajstić information content (AvgIpc) is 2.31. The molecule has 2 heterocycles. The Hall–Kier alpha value is -1.32. The third kappa shape index (κ3) is 0.995. The van der Waals surface area contributed by atoms with E-state index < -0.39 is 0 Å². The summed E-state index contributed by atoms with van der Waals surface area (Å²) in [7, 11) is 1.78. The summed E-state index contributed by atoms with van der Waals surface area (Å²) in [6.45, 7) is 1.79. The van der Waals surface area contributed by atoms with E-state index in [0.29, 0.717) is 5.69 Å². The zero-order valence-electron chi connectivity index (χ0n) is 7.03. The van der Waals surface area contributed by atoms with Crippen LogP contribution in [0.15, 0.2) is 12.3 Å². The van der Waals surface area contributed by atoms with Gasteiger partial charge in [-0.1, -0.05) is 0 Å². The van der Waals surface area contributed by atoms with Gasteiger partial charge >= 0.3 is 0 Å². The molecule has 4 heteroatoms. The van der Waals surface area contributed by atoms with Crippen LogP contribution in [0.2, 0.25) is 0 Å². The lowest BCUT2D eigenvalue weighted by Crippen LogP contribution is -2.42. The van der Waals surface area contributed by atoms with Crippen LogP contribution in [0.5, 0.6) is 0 Å². The highest BCUT2D eigenvalue weighted by Gasteiger charge is 2.23. The third-order valence-electron chi connectivity index (χ3n) is 2.18. The van der Waals surface area contributed by atoms with Gasteiger partial charge in [0, 0.05) is 26.3 Å². The quantitative estimate of drug-likeness (QED) is 0.599. The highest BCUT2D eigenvalue weighted by Crippen LogP contribution is 2.11. The van der Waals surface area contributed by atoms with E-state index in [2.05, 4.69) is 5.10 Å². The Morgan fingerprint density at radius 3 is 2.75 bits per heavy atom. The Morgan fingerprint density at radius 1 is 1.58 bits per heavy atom. The molecule has 2 rings (SSSR count). The molecule has 0 N–H and O–H groups in total. The number of hydrogen-bond acceptors (Lipinski definition) is 2. The minimum absolute atomic E-state index is 0.0984. The molecule has 1 saturated heterocycles. The second kappa shape index (κ2) is 2.62. The predicted molar refractivity (Wildman–Crippen MR) is 43.7 cm³/mol. The fraction of sp³-hybridized carbons (Fsp3) is 0.500. The Balaban J connectivity index is 2.19. The van der Waals surface area contributed by atoms with Crippen LogP contribution in [0, 0.1) is 0 Å². The standard InChI is InChI=1S/C8H11N3O/c1-10-7(3-4-9-10)8(12)11-5-2-6-11/h3-4H,2,5-6H2,1H3.